The average molecular weight is 302 g/mol. The van der Waals surface area contributed by atoms with E-state index in [4.69, 9.17) is 9.47 Å². The predicted molar refractivity (Wildman–Crippen MR) is 82.2 cm³/mol. The van der Waals surface area contributed by atoms with Gasteiger partial charge in [0.15, 0.2) is 0 Å². The van der Waals surface area contributed by atoms with E-state index in [0.717, 1.165) is 0 Å². The molecule has 0 fully saturated rings. The maximum absolute atomic E-state index is 11.8. The highest BCUT2D eigenvalue weighted by Gasteiger charge is 2.20. The summed E-state index contributed by atoms with van der Waals surface area (Å²) in [6.45, 7) is 12.0. The van der Waals surface area contributed by atoms with Gasteiger partial charge < -0.3 is 20.1 Å². The number of nitrogens with one attached hydrogen (secondary N) is 2. The molecule has 0 radical (unpaired) electrons. The van der Waals surface area contributed by atoms with Gasteiger partial charge in [-0.25, -0.2) is 4.79 Å². The summed E-state index contributed by atoms with van der Waals surface area (Å²) in [4.78, 5) is 23.3. The van der Waals surface area contributed by atoms with Crippen LogP contribution in [0.15, 0.2) is 0 Å². The zero-order chi connectivity index (χ0) is 16.5. The molecule has 6 nitrogen and oxygen atoms in total. The minimum atomic E-state index is -0.503. The van der Waals surface area contributed by atoms with Crippen LogP contribution in [-0.2, 0) is 14.3 Å². The van der Waals surface area contributed by atoms with Crippen LogP contribution in [0.1, 0.15) is 54.4 Å². The number of amides is 1. The molecule has 0 saturated heterocycles. The second kappa shape index (κ2) is 9.60. The summed E-state index contributed by atoms with van der Waals surface area (Å²) in [5.41, 5.74) is -0.503. The molecule has 1 amide bonds. The van der Waals surface area contributed by atoms with E-state index in [2.05, 4.69) is 10.6 Å². The summed E-state index contributed by atoms with van der Waals surface area (Å²) in [6.07, 6.45) is 0.835. The highest BCUT2D eigenvalue weighted by atomic mass is 16.6. The minimum Gasteiger partial charge on any atom is -0.465 e. The molecule has 0 aliphatic rings. The normalized spacial score (nSPS) is 12.9. The summed E-state index contributed by atoms with van der Waals surface area (Å²) in [7, 11) is 0. The van der Waals surface area contributed by atoms with Crippen molar-refractivity contribution in [2.45, 2.75) is 72.1 Å². The fourth-order valence-corrected chi connectivity index (χ4v) is 1.73. The lowest BCUT2D eigenvalue weighted by Crippen LogP contribution is -2.42. The van der Waals surface area contributed by atoms with Crippen molar-refractivity contribution in [3.8, 4) is 0 Å². The van der Waals surface area contributed by atoms with Crippen LogP contribution in [0.4, 0.5) is 4.79 Å². The molecule has 0 saturated carbocycles. The van der Waals surface area contributed by atoms with Gasteiger partial charge in [0.1, 0.15) is 11.6 Å². The Kier molecular flexibility index (Phi) is 9.01. The molecule has 0 aliphatic carbocycles. The monoisotopic (exact) mass is 302 g/mol. The third-order valence-electron chi connectivity index (χ3n) is 2.44. The first-order chi connectivity index (χ1) is 9.65. The van der Waals surface area contributed by atoms with Crippen LogP contribution >= 0.6 is 0 Å². The molecule has 0 aliphatic heterocycles. The molecule has 124 valence electrons. The molecule has 0 spiro atoms. The van der Waals surface area contributed by atoms with Gasteiger partial charge in [-0.15, -0.1) is 0 Å². The third-order valence-corrected chi connectivity index (χ3v) is 2.44. The third kappa shape index (κ3) is 11.1. The van der Waals surface area contributed by atoms with E-state index in [1.54, 1.807) is 6.92 Å². The Bertz CT molecular complexity index is 324. The van der Waals surface area contributed by atoms with Crippen LogP contribution in [0.25, 0.3) is 0 Å². The van der Waals surface area contributed by atoms with Crippen LogP contribution in [0.3, 0.4) is 0 Å². The van der Waals surface area contributed by atoms with Gasteiger partial charge in [-0.2, -0.15) is 0 Å². The Morgan fingerprint density at radius 3 is 2.29 bits per heavy atom. The molecule has 0 rings (SSSR count). The lowest BCUT2D eigenvalue weighted by molar-refractivity contribution is -0.146. The molecular formula is C15H30N2O4. The van der Waals surface area contributed by atoms with Crippen molar-refractivity contribution in [2.75, 3.05) is 13.2 Å². The van der Waals surface area contributed by atoms with Crippen molar-refractivity contribution in [3.63, 3.8) is 0 Å². The quantitative estimate of drug-likeness (QED) is 0.531. The summed E-state index contributed by atoms with van der Waals surface area (Å²) in [5.74, 6) is -0.247. The molecule has 0 heterocycles. The number of rotatable bonds is 8. The number of ether oxygens (including phenoxy) is 2. The maximum atomic E-state index is 11.8. The number of alkyl carbamates (subject to hydrolysis) is 1. The Hall–Kier alpha value is -1.30. The first kappa shape index (κ1) is 19.7. The summed E-state index contributed by atoms with van der Waals surface area (Å²) in [5, 5.41) is 5.85. The molecule has 6 heteroatoms. The van der Waals surface area contributed by atoms with E-state index in [0.29, 0.717) is 26.0 Å². The van der Waals surface area contributed by atoms with E-state index in [9.17, 15) is 9.59 Å². The van der Waals surface area contributed by atoms with Gasteiger partial charge in [0, 0.05) is 12.6 Å². The highest BCUT2D eigenvalue weighted by Crippen LogP contribution is 2.06. The van der Waals surface area contributed by atoms with Crippen LogP contribution in [0, 0.1) is 0 Å². The first-order valence-corrected chi connectivity index (χ1v) is 7.55. The van der Waals surface area contributed by atoms with E-state index >= 15 is 0 Å². The highest BCUT2D eigenvalue weighted by molar-refractivity contribution is 5.75. The minimum absolute atomic E-state index is 0.193. The van der Waals surface area contributed by atoms with Gasteiger partial charge in [-0.05, 0) is 40.5 Å². The van der Waals surface area contributed by atoms with Gasteiger partial charge in [-0.3, -0.25) is 4.79 Å². The molecule has 1 atom stereocenters. The van der Waals surface area contributed by atoms with E-state index < -0.39 is 11.7 Å². The van der Waals surface area contributed by atoms with Crippen LogP contribution < -0.4 is 10.6 Å². The molecule has 2 N–H and O–H groups in total. The lowest BCUT2D eigenvalue weighted by Gasteiger charge is -2.21. The molecule has 0 bridgehead atoms. The average Bonchev–Trinajstić information content (AvgIpc) is 2.30. The van der Waals surface area contributed by atoms with Gasteiger partial charge in [0.2, 0.25) is 0 Å². The van der Waals surface area contributed by atoms with Crippen molar-refractivity contribution in [1.29, 1.82) is 0 Å². The van der Waals surface area contributed by atoms with Gasteiger partial charge in [-0.1, -0.05) is 13.8 Å². The van der Waals surface area contributed by atoms with E-state index in [1.807, 2.05) is 34.6 Å². The number of carbonyl (C=O) groups is 2. The lowest BCUT2D eigenvalue weighted by atomic mass is 10.1. The largest absolute Gasteiger partial charge is 0.465 e. The van der Waals surface area contributed by atoms with Crippen LogP contribution in [-0.4, -0.2) is 42.9 Å². The molecule has 0 aromatic carbocycles. The summed E-state index contributed by atoms with van der Waals surface area (Å²) < 4.78 is 10.2. The predicted octanol–water partition coefficient (Wildman–Crippen LogP) is 2.22. The molecule has 21 heavy (non-hydrogen) atoms. The molecule has 0 aromatic rings. The standard InChI is InChI=1S/C15H30N2O4/c1-7-20-13(18)12(17-11(2)3)9-8-10-16-14(19)21-15(4,5)6/h11-12,17H,7-10H2,1-6H3,(H,16,19). The van der Waals surface area contributed by atoms with Crippen molar-refractivity contribution < 1.29 is 19.1 Å². The Morgan fingerprint density at radius 2 is 1.81 bits per heavy atom. The fourth-order valence-electron chi connectivity index (χ4n) is 1.73. The fraction of sp³-hybridized carbons (Fsp3) is 0.867. The number of hydrogen-bond acceptors (Lipinski definition) is 5. The number of esters is 1. The van der Waals surface area contributed by atoms with E-state index in [1.165, 1.54) is 0 Å². The SMILES string of the molecule is CCOC(=O)C(CCCNC(=O)OC(C)(C)C)NC(C)C. The van der Waals surface area contributed by atoms with Crippen molar-refractivity contribution in [1.82, 2.24) is 10.6 Å². The van der Waals surface area contributed by atoms with E-state index in [-0.39, 0.29) is 18.1 Å². The van der Waals surface area contributed by atoms with Crippen molar-refractivity contribution >= 4 is 12.1 Å². The number of carbonyl (C=O) groups excluding carboxylic acids is 2. The Morgan fingerprint density at radius 1 is 1.19 bits per heavy atom. The number of hydrogen-bond donors (Lipinski definition) is 2. The summed E-state index contributed by atoms with van der Waals surface area (Å²) >= 11 is 0. The second-order valence-corrected chi connectivity index (χ2v) is 6.20. The zero-order valence-electron chi connectivity index (χ0n) is 14.1. The smallest absolute Gasteiger partial charge is 0.407 e. The van der Waals surface area contributed by atoms with Gasteiger partial charge >= 0.3 is 12.1 Å². The Labute approximate surface area is 127 Å². The molecule has 1 unspecified atom stereocenters. The zero-order valence-corrected chi connectivity index (χ0v) is 14.1. The maximum Gasteiger partial charge on any atom is 0.407 e. The second-order valence-electron chi connectivity index (χ2n) is 6.20. The van der Waals surface area contributed by atoms with Crippen molar-refractivity contribution in [3.05, 3.63) is 0 Å². The van der Waals surface area contributed by atoms with Crippen LogP contribution in [0.5, 0.6) is 0 Å². The Balaban J connectivity index is 4.08. The topological polar surface area (TPSA) is 76.7 Å². The summed E-state index contributed by atoms with van der Waals surface area (Å²) in [6, 6.07) is -0.149. The van der Waals surface area contributed by atoms with Gasteiger partial charge in [0.25, 0.3) is 0 Å². The van der Waals surface area contributed by atoms with Crippen molar-refractivity contribution in [2.24, 2.45) is 0 Å². The first-order valence-electron chi connectivity index (χ1n) is 7.55. The van der Waals surface area contributed by atoms with Crippen LogP contribution in [0.2, 0.25) is 0 Å². The molecule has 0 aromatic heterocycles. The molecular weight excluding hydrogens is 272 g/mol. The van der Waals surface area contributed by atoms with Gasteiger partial charge in [0.05, 0.1) is 6.61 Å².